The highest BCUT2D eigenvalue weighted by atomic mass is 32.9. The number of esters is 1. The third-order valence-electron chi connectivity index (χ3n) is 0.580. The summed E-state index contributed by atoms with van der Waals surface area (Å²) in [5.41, 5.74) is 0. The molecule has 0 saturated carbocycles. The number of rotatable bonds is 0. The molecule has 0 fully saturated rings. The van der Waals surface area contributed by atoms with Gasteiger partial charge in [0.25, 0.3) is 9.05 Å². The Balaban J connectivity index is 0.000000187. The van der Waals surface area contributed by atoms with Gasteiger partial charge in [-0.05, 0) is 6.08 Å². The number of cyclic esters (lactones) is 1. The predicted octanol–water partition coefficient (Wildman–Crippen LogP) is 0.126. The van der Waals surface area contributed by atoms with Crippen molar-refractivity contribution in [2.24, 2.45) is 0 Å². The predicted molar refractivity (Wildman–Crippen MR) is 40.6 cm³/mol. The Hall–Kier alpha value is -0.500. The van der Waals surface area contributed by atoms with Crippen LogP contribution in [0.2, 0.25) is 0 Å². The van der Waals surface area contributed by atoms with Crippen LogP contribution in [-0.4, -0.2) is 19.3 Å². The van der Waals surface area contributed by atoms with E-state index < -0.39 is 9.05 Å². The molecule has 0 saturated heterocycles. The molecule has 1 aliphatic heterocycles. The van der Waals surface area contributed by atoms with E-state index in [4.69, 9.17) is 13.3 Å². The van der Waals surface area contributed by atoms with Gasteiger partial charge in [0.15, 0.2) is 0 Å². The summed E-state index contributed by atoms with van der Waals surface area (Å²) in [6.45, 7) is 0. The topological polar surface area (TPSA) is 83.8 Å². The van der Waals surface area contributed by atoms with E-state index in [1.54, 1.807) is 6.08 Å². The van der Waals surface area contributed by atoms with Gasteiger partial charge in [-0.1, -0.05) is 0 Å². The van der Waals surface area contributed by atoms with Gasteiger partial charge in [0.05, 0.1) is 12.7 Å². The fraction of sp³-hybridized carbons (Fsp3) is 0.250. The number of carbonyl (C=O) groups is 1. The number of hydrogen-bond acceptors (Lipinski definition) is 4. The minimum absolute atomic E-state index is 0.157. The monoisotopic (exact) mass is 198 g/mol. The molecule has 0 spiro atoms. The summed E-state index contributed by atoms with van der Waals surface area (Å²) in [4.78, 5) is 9.96. The van der Waals surface area contributed by atoms with Crippen molar-refractivity contribution in [2.75, 3.05) is 0 Å². The Labute approximate surface area is 68.4 Å². The van der Waals surface area contributed by atoms with Crippen LogP contribution < -0.4 is 0 Å². The molecule has 64 valence electrons. The van der Waals surface area contributed by atoms with Crippen molar-refractivity contribution in [1.29, 1.82) is 0 Å². The summed E-state index contributed by atoms with van der Waals surface area (Å²) in [5.74, 6) is -0.157. The van der Waals surface area contributed by atoms with E-state index >= 15 is 0 Å². The van der Waals surface area contributed by atoms with E-state index in [1.165, 1.54) is 6.26 Å². The van der Waals surface area contributed by atoms with E-state index in [9.17, 15) is 4.79 Å². The lowest BCUT2D eigenvalue weighted by Gasteiger charge is -1.78. The molecule has 0 unspecified atom stereocenters. The molecule has 1 aliphatic rings. The number of ether oxygens (including phenoxy) is 1. The van der Waals surface area contributed by atoms with Crippen molar-refractivity contribution < 1.29 is 22.8 Å². The SMILES string of the molecule is O=C1CC=CO1.O=S(O)(O)=S. The van der Waals surface area contributed by atoms with E-state index in [0.29, 0.717) is 6.42 Å². The molecule has 0 atom stereocenters. The zero-order chi connectivity index (χ0) is 8.91. The van der Waals surface area contributed by atoms with Crippen molar-refractivity contribution in [3.8, 4) is 0 Å². The summed E-state index contributed by atoms with van der Waals surface area (Å²) < 4.78 is 28.3. The van der Waals surface area contributed by atoms with Gasteiger partial charge in [0.1, 0.15) is 0 Å². The van der Waals surface area contributed by atoms with Crippen LogP contribution >= 0.6 is 0 Å². The average Bonchev–Trinajstić information content (AvgIpc) is 2.12. The van der Waals surface area contributed by atoms with Crippen molar-refractivity contribution in [3.63, 3.8) is 0 Å². The molecule has 7 heteroatoms. The Morgan fingerprint density at radius 3 is 2.18 bits per heavy atom. The lowest BCUT2D eigenvalue weighted by molar-refractivity contribution is -0.135. The molecule has 1 rings (SSSR count). The highest BCUT2D eigenvalue weighted by Crippen LogP contribution is 1.96. The molecule has 0 aromatic heterocycles. The standard InChI is InChI=1S/C4H4O2.H2O3S2/c5-4-2-1-3-6-4;1-5(2,3)4/h1,3H,2H2;(H2,1,2,3,4). The number of hydrogen-bond donors (Lipinski definition) is 2. The van der Waals surface area contributed by atoms with E-state index in [0.717, 1.165) is 0 Å². The van der Waals surface area contributed by atoms with E-state index in [2.05, 4.69) is 15.9 Å². The first-order valence-electron chi connectivity index (χ1n) is 2.44. The third kappa shape index (κ3) is 12.6. The maximum absolute atomic E-state index is 9.96. The fourth-order valence-corrected chi connectivity index (χ4v) is 0.316. The average molecular weight is 198 g/mol. The maximum atomic E-state index is 9.96. The second-order valence-corrected chi connectivity index (χ2v) is 3.71. The second-order valence-electron chi connectivity index (χ2n) is 1.51. The normalized spacial score (nSPS) is 15.3. The minimum Gasteiger partial charge on any atom is -0.435 e. The van der Waals surface area contributed by atoms with Crippen LogP contribution in [0.5, 0.6) is 0 Å². The molecule has 5 nitrogen and oxygen atoms in total. The van der Waals surface area contributed by atoms with Gasteiger partial charge in [-0.15, -0.1) is 0 Å². The van der Waals surface area contributed by atoms with E-state index in [1.807, 2.05) is 0 Å². The van der Waals surface area contributed by atoms with Crippen LogP contribution in [-0.2, 0) is 29.8 Å². The summed E-state index contributed by atoms with van der Waals surface area (Å²) >= 11 is 3.47. The van der Waals surface area contributed by atoms with Gasteiger partial charge in [0, 0.05) is 11.2 Å². The van der Waals surface area contributed by atoms with Crippen LogP contribution in [0.25, 0.3) is 0 Å². The molecule has 0 aromatic carbocycles. The van der Waals surface area contributed by atoms with Crippen LogP contribution in [0.1, 0.15) is 6.42 Å². The van der Waals surface area contributed by atoms with Crippen molar-refractivity contribution >= 4 is 26.2 Å². The highest BCUT2D eigenvalue weighted by Gasteiger charge is 2.00. The van der Waals surface area contributed by atoms with Crippen LogP contribution in [0.4, 0.5) is 0 Å². The molecule has 0 radical (unpaired) electrons. The summed E-state index contributed by atoms with van der Waals surface area (Å²) in [6.07, 6.45) is 3.53. The summed E-state index contributed by atoms with van der Waals surface area (Å²) in [7, 11) is -3.83. The third-order valence-corrected chi connectivity index (χ3v) is 0.580. The molecule has 2 N–H and O–H groups in total. The zero-order valence-electron chi connectivity index (χ0n) is 5.30. The zero-order valence-corrected chi connectivity index (χ0v) is 6.93. The van der Waals surface area contributed by atoms with Gasteiger partial charge < -0.3 is 4.74 Å². The molecular weight excluding hydrogens is 192 g/mol. The largest absolute Gasteiger partial charge is 0.435 e. The molecule has 11 heavy (non-hydrogen) atoms. The lowest BCUT2D eigenvalue weighted by Crippen LogP contribution is -1.87. The second kappa shape index (κ2) is 4.39. The van der Waals surface area contributed by atoms with E-state index in [-0.39, 0.29) is 5.97 Å². The quantitative estimate of drug-likeness (QED) is 0.538. The Morgan fingerprint density at radius 2 is 2.09 bits per heavy atom. The van der Waals surface area contributed by atoms with Crippen LogP contribution in [0.15, 0.2) is 12.3 Å². The molecule has 0 aliphatic carbocycles. The molecule has 0 aromatic rings. The van der Waals surface area contributed by atoms with Gasteiger partial charge in [-0.3, -0.25) is 13.9 Å². The Morgan fingerprint density at radius 1 is 1.64 bits per heavy atom. The highest BCUT2D eigenvalue weighted by molar-refractivity contribution is 8.26. The van der Waals surface area contributed by atoms with Gasteiger partial charge >= 0.3 is 5.97 Å². The first-order chi connectivity index (χ1) is 4.89. The Bertz CT molecular complexity index is 234. The van der Waals surface area contributed by atoms with Gasteiger partial charge in [0.2, 0.25) is 0 Å². The first kappa shape index (κ1) is 10.5. The smallest absolute Gasteiger partial charge is 0.314 e. The van der Waals surface area contributed by atoms with Crippen LogP contribution in [0, 0.1) is 0 Å². The van der Waals surface area contributed by atoms with Crippen LogP contribution in [0.3, 0.4) is 0 Å². The number of carbonyl (C=O) groups excluding carboxylic acids is 1. The molecular formula is C4H6O5S2. The van der Waals surface area contributed by atoms with Crippen molar-refractivity contribution in [1.82, 2.24) is 0 Å². The van der Waals surface area contributed by atoms with Crippen molar-refractivity contribution in [2.45, 2.75) is 6.42 Å². The lowest BCUT2D eigenvalue weighted by atomic mass is 10.5. The molecule has 0 amide bonds. The van der Waals surface area contributed by atoms with Crippen molar-refractivity contribution in [3.05, 3.63) is 12.3 Å². The maximum Gasteiger partial charge on any atom is 0.314 e. The van der Waals surface area contributed by atoms with Gasteiger partial charge in [-0.25, -0.2) is 0 Å². The Kier molecular flexibility index (Phi) is 4.19. The summed E-state index contributed by atoms with van der Waals surface area (Å²) in [5, 5.41) is 0. The summed E-state index contributed by atoms with van der Waals surface area (Å²) in [6, 6.07) is 0. The van der Waals surface area contributed by atoms with Gasteiger partial charge in [-0.2, -0.15) is 4.21 Å². The first-order valence-corrected chi connectivity index (χ1v) is 4.83. The minimum atomic E-state index is -3.83. The fourth-order valence-electron chi connectivity index (χ4n) is 0.316. The molecule has 0 bridgehead atoms. The molecule has 1 heterocycles.